The Bertz CT molecular complexity index is 377. The van der Waals surface area contributed by atoms with E-state index in [2.05, 4.69) is 10.6 Å². The number of nitrogens with one attached hydrogen (secondary N) is 2. The zero-order valence-corrected chi connectivity index (χ0v) is 11.8. The lowest BCUT2D eigenvalue weighted by Gasteiger charge is -2.36. The molecule has 2 aliphatic rings. The molecule has 0 aromatic rings. The maximum atomic E-state index is 12.4. The van der Waals surface area contributed by atoms with Crippen LogP contribution in [0.2, 0.25) is 0 Å². The van der Waals surface area contributed by atoms with Gasteiger partial charge in [0.05, 0.1) is 11.0 Å². The molecular formula is C14H24N2O3. The Morgan fingerprint density at radius 1 is 1.21 bits per heavy atom. The number of aliphatic carboxylic acids is 1. The van der Waals surface area contributed by atoms with E-state index in [1.54, 1.807) is 6.92 Å². The molecule has 0 radical (unpaired) electrons. The van der Waals surface area contributed by atoms with Crippen molar-refractivity contribution in [3.8, 4) is 0 Å². The molecule has 0 bridgehead atoms. The molecular weight excluding hydrogens is 244 g/mol. The number of carbonyl (C=O) groups excluding carboxylic acids is 1. The van der Waals surface area contributed by atoms with E-state index in [4.69, 9.17) is 0 Å². The van der Waals surface area contributed by atoms with Gasteiger partial charge in [0.2, 0.25) is 5.91 Å². The zero-order valence-electron chi connectivity index (χ0n) is 11.8. The Hall–Kier alpha value is -1.10. The Labute approximate surface area is 114 Å². The van der Waals surface area contributed by atoms with Gasteiger partial charge in [0.1, 0.15) is 0 Å². The van der Waals surface area contributed by atoms with Gasteiger partial charge >= 0.3 is 5.97 Å². The topological polar surface area (TPSA) is 78.4 Å². The van der Waals surface area contributed by atoms with Gasteiger partial charge in [-0.25, -0.2) is 0 Å². The van der Waals surface area contributed by atoms with E-state index in [1.807, 2.05) is 6.92 Å². The summed E-state index contributed by atoms with van der Waals surface area (Å²) in [7, 11) is 0. The number of rotatable bonds is 3. The molecule has 0 aromatic carbocycles. The Morgan fingerprint density at radius 3 is 2.53 bits per heavy atom. The summed E-state index contributed by atoms with van der Waals surface area (Å²) in [6.07, 6.45) is 5.20. The summed E-state index contributed by atoms with van der Waals surface area (Å²) >= 11 is 0. The summed E-state index contributed by atoms with van der Waals surface area (Å²) in [6.45, 7) is 4.50. The standard InChI is InChI=1S/C14H24N2O3/c1-13(12(18)19)7-5-6-10(13)16-11(17)14(2)8-3-4-9-15-14/h10,15H,3-9H2,1-2H3,(H,16,17)(H,18,19). The van der Waals surface area contributed by atoms with E-state index in [0.29, 0.717) is 6.42 Å². The predicted octanol–water partition coefficient (Wildman–Crippen LogP) is 1.28. The smallest absolute Gasteiger partial charge is 0.311 e. The molecule has 1 saturated heterocycles. The Kier molecular flexibility index (Phi) is 3.85. The molecule has 2 fully saturated rings. The van der Waals surface area contributed by atoms with Gasteiger partial charge in [-0.1, -0.05) is 6.42 Å². The number of carboxylic acid groups (broad SMARTS) is 1. The lowest BCUT2D eigenvalue weighted by atomic mass is 9.83. The SMILES string of the molecule is CC1(C(=O)NC2CCCC2(C)C(=O)O)CCCCN1. The molecule has 3 unspecified atom stereocenters. The maximum absolute atomic E-state index is 12.4. The average molecular weight is 268 g/mol. The van der Waals surface area contributed by atoms with Crippen molar-refractivity contribution < 1.29 is 14.7 Å². The van der Waals surface area contributed by atoms with E-state index in [9.17, 15) is 14.7 Å². The first-order valence-corrected chi connectivity index (χ1v) is 7.18. The fourth-order valence-electron chi connectivity index (χ4n) is 3.22. The summed E-state index contributed by atoms with van der Waals surface area (Å²) in [6, 6.07) is -0.252. The zero-order chi connectivity index (χ0) is 14.1. The largest absolute Gasteiger partial charge is 0.481 e. The highest BCUT2D eigenvalue weighted by Crippen LogP contribution is 2.38. The Balaban J connectivity index is 2.04. The predicted molar refractivity (Wildman–Crippen MR) is 71.8 cm³/mol. The van der Waals surface area contributed by atoms with Crippen LogP contribution < -0.4 is 10.6 Å². The third-order valence-electron chi connectivity index (χ3n) is 4.87. The monoisotopic (exact) mass is 268 g/mol. The fourth-order valence-corrected chi connectivity index (χ4v) is 3.22. The molecule has 3 N–H and O–H groups in total. The summed E-state index contributed by atoms with van der Waals surface area (Å²) in [5, 5.41) is 15.6. The van der Waals surface area contributed by atoms with Gasteiger partial charge in [-0.3, -0.25) is 9.59 Å². The molecule has 5 heteroatoms. The van der Waals surface area contributed by atoms with E-state index < -0.39 is 16.9 Å². The van der Waals surface area contributed by atoms with E-state index in [0.717, 1.165) is 38.6 Å². The van der Waals surface area contributed by atoms with Crippen LogP contribution in [0.3, 0.4) is 0 Å². The lowest BCUT2D eigenvalue weighted by molar-refractivity contribution is -0.149. The van der Waals surface area contributed by atoms with Crippen LogP contribution in [0, 0.1) is 5.41 Å². The van der Waals surface area contributed by atoms with E-state index >= 15 is 0 Å². The van der Waals surface area contributed by atoms with Crippen LogP contribution in [0.1, 0.15) is 52.4 Å². The van der Waals surface area contributed by atoms with Gasteiger partial charge in [0.15, 0.2) is 0 Å². The first-order valence-electron chi connectivity index (χ1n) is 7.18. The molecule has 1 aliphatic heterocycles. The highest BCUT2D eigenvalue weighted by Gasteiger charge is 2.47. The summed E-state index contributed by atoms with van der Waals surface area (Å²) in [5.41, 5.74) is -1.36. The van der Waals surface area contributed by atoms with Gasteiger partial charge in [-0.05, 0) is 52.5 Å². The van der Waals surface area contributed by atoms with Gasteiger partial charge in [0.25, 0.3) is 0 Å². The molecule has 1 heterocycles. The third-order valence-corrected chi connectivity index (χ3v) is 4.87. The van der Waals surface area contributed by atoms with Crippen molar-refractivity contribution >= 4 is 11.9 Å². The molecule has 19 heavy (non-hydrogen) atoms. The lowest BCUT2D eigenvalue weighted by Crippen LogP contribution is -2.60. The fraction of sp³-hybridized carbons (Fsp3) is 0.857. The number of hydrogen-bond donors (Lipinski definition) is 3. The van der Waals surface area contributed by atoms with Crippen molar-refractivity contribution in [3.05, 3.63) is 0 Å². The molecule has 1 saturated carbocycles. The number of carbonyl (C=O) groups is 2. The molecule has 1 amide bonds. The van der Waals surface area contributed by atoms with Gasteiger partial charge in [0, 0.05) is 6.04 Å². The van der Waals surface area contributed by atoms with E-state index in [1.165, 1.54) is 0 Å². The normalized spacial score (nSPS) is 38.9. The average Bonchev–Trinajstić information content (AvgIpc) is 2.73. The van der Waals surface area contributed by atoms with Crippen LogP contribution in [0.4, 0.5) is 0 Å². The summed E-state index contributed by atoms with van der Waals surface area (Å²) in [4.78, 5) is 23.8. The first kappa shape index (κ1) is 14.3. The highest BCUT2D eigenvalue weighted by molar-refractivity contribution is 5.87. The van der Waals surface area contributed by atoms with Gasteiger partial charge < -0.3 is 15.7 Å². The second kappa shape index (κ2) is 5.12. The second-order valence-corrected chi connectivity index (χ2v) is 6.36. The molecule has 0 aromatic heterocycles. The highest BCUT2D eigenvalue weighted by atomic mass is 16.4. The number of hydrogen-bond acceptors (Lipinski definition) is 3. The molecule has 0 spiro atoms. The van der Waals surface area contributed by atoms with E-state index in [-0.39, 0.29) is 11.9 Å². The van der Waals surface area contributed by atoms with Crippen molar-refractivity contribution in [1.82, 2.24) is 10.6 Å². The molecule has 3 atom stereocenters. The summed E-state index contributed by atoms with van der Waals surface area (Å²) in [5.74, 6) is -0.858. The van der Waals surface area contributed by atoms with Crippen LogP contribution in [-0.2, 0) is 9.59 Å². The molecule has 2 rings (SSSR count). The second-order valence-electron chi connectivity index (χ2n) is 6.36. The third kappa shape index (κ3) is 2.61. The number of carboxylic acids is 1. The first-order chi connectivity index (χ1) is 8.88. The van der Waals surface area contributed by atoms with Crippen LogP contribution in [0.5, 0.6) is 0 Å². The van der Waals surface area contributed by atoms with Crippen LogP contribution in [0.15, 0.2) is 0 Å². The van der Waals surface area contributed by atoms with Crippen LogP contribution in [0.25, 0.3) is 0 Å². The van der Waals surface area contributed by atoms with Crippen molar-refractivity contribution in [2.75, 3.05) is 6.54 Å². The van der Waals surface area contributed by atoms with Crippen LogP contribution in [-0.4, -0.2) is 35.1 Å². The van der Waals surface area contributed by atoms with Gasteiger partial charge in [-0.2, -0.15) is 0 Å². The van der Waals surface area contributed by atoms with Crippen molar-refractivity contribution in [2.24, 2.45) is 5.41 Å². The minimum absolute atomic E-state index is 0.0495. The Morgan fingerprint density at radius 2 is 1.95 bits per heavy atom. The number of piperidine rings is 1. The minimum atomic E-state index is -0.819. The summed E-state index contributed by atoms with van der Waals surface area (Å²) < 4.78 is 0. The molecule has 108 valence electrons. The molecule has 5 nitrogen and oxygen atoms in total. The van der Waals surface area contributed by atoms with Crippen molar-refractivity contribution in [1.29, 1.82) is 0 Å². The van der Waals surface area contributed by atoms with Crippen molar-refractivity contribution in [3.63, 3.8) is 0 Å². The van der Waals surface area contributed by atoms with Crippen molar-refractivity contribution in [2.45, 2.75) is 64.0 Å². The van der Waals surface area contributed by atoms with Gasteiger partial charge in [-0.15, -0.1) is 0 Å². The number of amides is 1. The molecule has 1 aliphatic carbocycles. The quantitative estimate of drug-likeness (QED) is 0.720. The minimum Gasteiger partial charge on any atom is -0.481 e. The van der Waals surface area contributed by atoms with Crippen LogP contribution >= 0.6 is 0 Å². The maximum Gasteiger partial charge on any atom is 0.311 e.